The summed E-state index contributed by atoms with van der Waals surface area (Å²) in [6.45, 7) is 3.78. The van der Waals surface area contributed by atoms with E-state index in [1.807, 2.05) is 0 Å². The van der Waals surface area contributed by atoms with E-state index in [9.17, 15) is 13.2 Å². The lowest BCUT2D eigenvalue weighted by molar-refractivity contribution is -0.183. The lowest BCUT2D eigenvalue weighted by Crippen LogP contribution is -2.56. The predicted molar refractivity (Wildman–Crippen MR) is 106 cm³/mol. The van der Waals surface area contributed by atoms with Gasteiger partial charge in [0.25, 0.3) is 0 Å². The number of guanidine groups is 1. The highest BCUT2D eigenvalue weighted by atomic mass is 127. The minimum atomic E-state index is -4.09. The van der Waals surface area contributed by atoms with Gasteiger partial charge in [-0.1, -0.05) is 6.42 Å². The molecular formula is C16H31F3IN5. The number of alkyl halides is 3. The second-order valence-electron chi connectivity index (χ2n) is 7.10. The molecule has 1 saturated carbocycles. The summed E-state index contributed by atoms with van der Waals surface area (Å²) in [5, 5.41) is 6.46. The molecule has 0 aromatic rings. The van der Waals surface area contributed by atoms with Crippen LogP contribution in [0.4, 0.5) is 13.2 Å². The average Bonchev–Trinajstić information content (AvgIpc) is 2.53. The van der Waals surface area contributed by atoms with E-state index >= 15 is 0 Å². The Morgan fingerprint density at radius 2 is 1.92 bits per heavy atom. The van der Waals surface area contributed by atoms with Crippen LogP contribution in [-0.2, 0) is 0 Å². The zero-order chi connectivity index (χ0) is 17.7. The second-order valence-corrected chi connectivity index (χ2v) is 7.10. The van der Waals surface area contributed by atoms with Crippen molar-refractivity contribution in [2.24, 2.45) is 10.9 Å². The van der Waals surface area contributed by atoms with Gasteiger partial charge in [-0.25, -0.2) is 0 Å². The number of rotatable bonds is 3. The van der Waals surface area contributed by atoms with Crippen LogP contribution in [0, 0.1) is 5.92 Å². The van der Waals surface area contributed by atoms with E-state index in [0.717, 1.165) is 32.6 Å². The van der Waals surface area contributed by atoms with Gasteiger partial charge in [-0.15, -0.1) is 24.0 Å². The van der Waals surface area contributed by atoms with Crippen molar-refractivity contribution in [1.82, 2.24) is 20.4 Å². The van der Waals surface area contributed by atoms with Gasteiger partial charge in [-0.2, -0.15) is 13.2 Å². The molecule has 0 radical (unpaired) electrons. The van der Waals surface area contributed by atoms with Gasteiger partial charge in [0, 0.05) is 45.3 Å². The second kappa shape index (κ2) is 10.1. The van der Waals surface area contributed by atoms with Gasteiger partial charge in [-0.05, 0) is 33.4 Å². The Balaban J connectivity index is 0.00000312. The summed E-state index contributed by atoms with van der Waals surface area (Å²) in [6, 6.07) is 0.208. The monoisotopic (exact) mass is 477 g/mol. The first-order chi connectivity index (χ1) is 11.3. The van der Waals surface area contributed by atoms with E-state index in [2.05, 4.69) is 39.5 Å². The SMILES string of the molecule is CN=C(NCC1CN(C)CCN1C)NC1CCCC(C(F)(F)F)C1.I. The molecule has 3 unspecified atom stereocenters. The molecule has 0 spiro atoms. The third kappa shape index (κ3) is 7.09. The van der Waals surface area contributed by atoms with Crippen molar-refractivity contribution in [1.29, 1.82) is 0 Å². The molecule has 25 heavy (non-hydrogen) atoms. The fraction of sp³-hybridized carbons (Fsp3) is 0.938. The molecule has 1 saturated heterocycles. The molecule has 3 atom stereocenters. The lowest BCUT2D eigenvalue weighted by Gasteiger charge is -2.38. The number of nitrogens with one attached hydrogen (secondary N) is 2. The normalized spacial score (nSPS) is 29.8. The number of halogens is 4. The molecule has 148 valence electrons. The number of likely N-dealkylation sites (N-methyl/N-ethyl adjacent to an activating group) is 2. The summed E-state index contributed by atoms with van der Waals surface area (Å²) in [5.74, 6) is -0.593. The van der Waals surface area contributed by atoms with Gasteiger partial charge in [0.15, 0.2) is 5.96 Å². The van der Waals surface area contributed by atoms with Crippen molar-refractivity contribution in [2.45, 2.75) is 43.9 Å². The summed E-state index contributed by atoms with van der Waals surface area (Å²) in [5.41, 5.74) is 0. The Morgan fingerprint density at radius 3 is 2.56 bits per heavy atom. The van der Waals surface area contributed by atoms with Crippen LogP contribution < -0.4 is 10.6 Å². The lowest BCUT2D eigenvalue weighted by atomic mass is 9.85. The van der Waals surface area contributed by atoms with E-state index in [1.165, 1.54) is 0 Å². The van der Waals surface area contributed by atoms with E-state index in [-0.39, 0.29) is 42.9 Å². The minimum Gasteiger partial charge on any atom is -0.355 e. The van der Waals surface area contributed by atoms with Crippen molar-refractivity contribution < 1.29 is 13.2 Å². The van der Waals surface area contributed by atoms with Crippen LogP contribution in [0.15, 0.2) is 4.99 Å². The molecule has 2 rings (SSSR count). The largest absolute Gasteiger partial charge is 0.391 e. The molecule has 0 aromatic heterocycles. The van der Waals surface area contributed by atoms with Crippen LogP contribution in [0.25, 0.3) is 0 Å². The Kier molecular flexibility index (Phi) is 9.24. The number of aliphatic imine (C=N–C) groups is 1. The Hall–Kier alpha value is -0.290. The molecule has 1 heterocycles. The molecule has 0 amide bonds. The molecule has 2 fully saturated rings. The average molecular weight is 477 g/mol. The highest BCUT2D eigenvalue weighted by molar-refractivity contribution is 14.0. The maximum absolute atomic E-state index is 12.9. The van der Waals surface area contributed by atoms with Gasteiger partial charge in [0.2, 0.25) is 0 Å². The summed E-state index contributed by atoms with van der Waals surface area (Å²) in [6.07, 6.45) is -2.34. The molecule has 0 bridgehead atoms. The Morgan fingerprint density at radius 1 is 1.20 bits per heavy atom. The fourth-order valence-electron chi connectivity index (χ4n) is 3.54. The van der Waals surface area contributed by atoms with Crippen molar-refractivity contribution in [3.05, 3.63) is 0 Å². The van der Waals surface area contributed by atoms with Crippen LogP contribution >= 0.6 is 24.0 Å². The first kappa shape index (κ1) is 22.8. The molecule has 1 aliphatic carbocycles. The third-order valence-electron chi connectivity index (χ3n) is 5.19. The maximum atomic E-state index is 12.9. The predicted octanol–water partition coefficient (Wildman–Crippen LogP) is 2.14. The smallest absolute Gasteiger partial charge is 0.355 e. The minimum absolute atomic E-state index is 0. The number of hydrogen-bond acceptors (Lipinski definition) is 3. The molecule has 2 N–H and O–H groups in total. The number of piperazine rings is 1. The molecule has 9 heteroatoms. The van der Waals surface area contributed by atoms with Crippen molar-refractivity contribution in [3.8, 4) is 0 Å². The highest BCUT2D eigenvalue weighted by Gasteiger charge is 2.42. The van der Waals surface area contributed by atoms with Crippen LogP contribution in [-0.4, -0.2) is 81.3 Å². The molecule has 2 aliphatic rings. The molecule has 1 aliphatic heterocycles. The fourth-order valence-corrected chi connectivity index (χ4v) is 3.54. The maximum Gasteiger partial charge on any atom is 0.391 e. The van der Waals surface area contributed by atoms with Gasteiger partial charge in [-0.3, -0.25) is 9.89 Å². The number of hydrogen-bond donors (Lipinski definition) is 2. The van der Waals surface area contributed by atoms with Crippen LogP contribution in [0.5, 0.6) is 0 Å². The first-order valence-electron chi connectivity index (χ1n) is 8.72. The highest BCUT2D eigenvalue weighted by Crippen LogP contribution is 2.37. The summed E-state index contributed by atoms with van der Waals surface area (Å²) < 4.78 is 38.8. The van der Waals surface area contributed by atoms with Crippen molar-refractivity contribution in [2.75, 3.05) is 47.3 Å². The van der Waals surface area contributed by atoms with E-state index < -0.39 is 12.1 Å². The van der Waals surface area contributed by atoms with Crippen LogP contribution in [0.2, 0.25) is 0 Å². The molecule has 0 aromatic carbocycles. The Labute approximate surface area is 165 Å². The number of nitrogens with zero attached hydrogens (tertiary/aromatic N) is 3. The van der Waals surface area contributed by atoms with E-state index in [1.54, 1.807) is 7.05 Å². The summed E-state index contributed by atoms with van der Waals surface area (Å²) >= 11 is 0. The van der Waals surface area contributed by atoms with E-state index in [4.69, 9.17) is 0 Å². The molecular weight excluding hydrogens is 446 g/mol. The topological polar surface area (TPSA) is 42.9 Å². The Bertz CT molecular complexity index is 432. The van der Waals surface area contributed by atoms with Crippen LogP contribution in [0.3, 0.4) is 0 Å². The third-order valence-corrected chi connectivity index (χ3v) is 5.19. The zero-order valence-corrected chi connectivity index (χ0v) is 17.6. The van der Waals surface area contributed by atoms with Crippen LogP contribution in [0.1, 0.15) is 25.7 Å². The quantitative estimate of drug-likeness (QED) is 0.372. The molecule has 5 nitrogen and oxygen atoms in total. The zero-order valence-electron chi connectivity index (χ0n) is 15.3. The first-order valence-corrected chi connectivity index (χ1v) is 8.72. The van der Waals surface area contributed by atoms with Gasteiger partial charge < -0.3 is 15.5 Å². The summed E-state index contributed by atoms with van der Waals surface area (Å²) in [7, 11) is 5.87. The van der Waals surface area contributed by atoms with Crippen molar-refractivity contribution >= 4 is 29.9 Å². The van der Waals surface area contributed by atoms with Gasteiger partial charge in [0.1, 0.15) is 0 Å². The summed E-state index contributed by atoms with van der Waals surface area (Å²) in [4.78, 5) is 8.77. The van der Waals surface area contributed by atoms with Crippen molar-refractivity contribution in [3.63, 3.8) is 0 Å². The van der Waals surface area contributed by atoms with Gasteiger partial charge >= 0.3 is 6.18 Å². The van der Waals surface area contributed by atoms with Gasteiger partial charge in [0.05, 0.1) is 5.92 Å². The standard InChI is InChI=1S/C16H30F3N5.HI/c1-20-15(21-10-14-11-23(2)7-8-24(14)3)22-13-6-4-5-12(9-13)16(17,18)19;/h12-14H,4-11H2,1-3H3,(H2,20,21,22);1H. The van der Waals surface area contributed by atoms with E-state index in [0.29, 0.717) is 18.4 Å².